The first-order valence-corrected chi connectivity index (χ1v) is 5.56. The van der Waals surface area contributed by atoms with Gasteiger partial charge in [0.1, 0.15) is 0 Å². The number of nitrogens with two attached hydrogens (primary N) is 1. The van der Waals surface area contributed by atoms with E-state index in [2.05, 4.69) is 19.2 Å². The number of hydrogen-bond acceptors (Lipinski definition) is 2. The molecule has 1 fully saturated rings. The molecule has 0 heterocycles. The minimum atomic E-state index is -0.0222. The molecule has 0 spiro atoms. The molecule has 0 bridgehead atoms. The van der Waals surface area contributed by atoms with E-state index in [0.29, 0.717) is 17.3 Å². The van der Waals surface area contributed by atoms with E-state index in [1.54, 1.807) is 6.07 Å². The summed E-state index contributed by atoms with van der Waals surface area (Å²) in [5.41, 5.74) is 8.28. The Labute approximate surface area is 96.0 Å². The van der Waals surface area contributed by atoms with Crippen LogP contribution in [0.25, 0.3) is 0 Å². The monoisotopic (exact) mass is 218 g/mol. The van der Waals surface area contributed by atoms with Crippen LogP contribution in [-0.4, -0.2) is 11.9 Å². The standard InChI is InChI=1S/C13H18N2O/c1-8-4-9(6-10(14)5-8)12(16)15-11-7-13(11,2)3/h4-6,11H,7,14H2,1-3H3,(H,15,16). The largest absolute Gasteiger partial charge is 0.399 e. The van der Waals surface area contributed by atoms with Crippen LogP contribution in [-0.2, 0) is 0 Å². The smallest absolute Gasteiger partial charge is 0.251 e. The molecule has 16 heavy (non-hydrogen) atoms. The Morgan fingerprint density at radius 2 is 2.06 bits per heavy atom. The molecular weight excluding hydrogens is 200 g/mol. The van der Waals surface area contributed by atoms with Gasteiger partial charge in [-0.3, -0.25) is 4.79 Å². The molecule has 1 unspecified atom stereocenters. The van der Waals surface area contributed by atoms with Gasteiger partial charge in [0.2, 0.25) is 0 Å². The first-order chi connectivity index (χ1) is 7.38. The third-order valence-corrected chi connectivity index (χ3v) is 3.18. The lowest BCUT2D eigenvalue weighted by atomic mass is 10.1. The van der Waals surface area contributed by atoms with E-state index in [9.17, 15) is 4.79 Å². The fourth-order valence-corrected chi connectivity index (χ4v) is 1.90. The maximum Gasteiger partial charge on any atom is 0.251 e. The Morgan fingerprint density at radius 3 is 2.56 bits per heavy atom. The predicted molar refractivity (Wildman–Crippen MR) is 65.2 cm³/mol. The van der Waals surface area contributed by atoms with Crippen molar-refractivity contribution in [3.8, 4) is 0 Å². The molecule has 0 radical (unpaired) electrons. The molecule has 1 saturated carbocycles. The second-order valence-electron chi connectivity index (χ2n) is 5.35. The lowest BCUT2D eigenvalue weighted by molar-refractivity contribution is 0.0946. The van der Waals surface area contributed by atoms with E-state index in [4.69, 9.17) is 5.73 Å². The van der Waals surface area contributed by atoms with Crippen LogP contribution >= 0.6 is 0 Å². The van der Waals surface area contributed by atoms with Crippen molar-refractivity contribution >= 4 is 11.6 Å². The number of nitrogen functional groups attached to an aromatic ring is 1. The van der Waals surface area contributed by atoms with Gasteiger partial charge in [-0.2, -0.15) is 0 Å². The Bertz CT molecular complexity index is 417. The van der Waals surface area contributed by atoms with E-state index in [-0.39, 0.29) is 11.3 Å². The molecular formula is C13H18N2O. The van der Waals surface area contributed by atoms with Crippen LogP contribution in [0.15, 0.2) is 18.2 Å². The van der Waals surface area contributed by atoms with Gasteiger partial charge in [0.15, 0.2) is 0 Å². The van der Waals surface area contributed by atoms with E-state index in [1.807, 2.05) is 19.1 Å². The molecule has 1 amide bonds. The van der Waals surface area contributed by atoms with Crippen LogP contribution in [0, 0.1) is 12.3 Å². The summed E-state index contributed by atoms with van der Waals surface area (Å²) in [6.07, 6.45) is 1.06. The Balaban J connectivity index is 2.09. The van der Waals surface area contributed by atoms with Gasteiger partial charge >= 0.3 is 0 Å². The number of amides is 1. The molecule has 86 valence electrons. The maximum atomic E-state index is 11.9. The second kappa shape index (κ2) is 3.51. The summed E-state index contributed by atoms with van der Waals surface area (Å²) in [7, 11) is 0. The van der Waals surface area contributed by atoms with Gasteiger partial charge in [0, 0.05) is 17.3 Å². The highest BCUT2D eigenvalue weighted by Gasteiger charge is 2.46. The van der Waals surface area contributed by atoms with Crippen LogP contribution in [0.1, 0.15) is 36.2 Å². The van der Waals surface area contributed by atoms with Crippen LogP contribution in [0.5, 0.6) is 0 Å². The number of rotatable bonds is 2. The number of nitrogens with one attached hydrogen (secondary N) is 1. The van der Waals surface area contributed by atoms with Gasteiger partial charge in [-0.1, -0.05) is 13.8 Å². The first-order valence-electron chi connectivity index (χ1n) is 5.56. The van der Waals surface area contributed by atoms with Crippen molar-refractivity contribution in [1.82, 2.24) is 5.32 Å². The highest BCUT2D eigenvalue weighted by Crippen LogP contribution is 2.44. The summed E-state index contributed by atoms with van der Waals surface area (Å²) in [6, 6.07) is 5.75. The number of hydrogen-bond donors (Lipinski definition) is 2. The molecule has 1 aliphatic rings. The minimum Gasteiger partial charge on any atom is -0.399 e. The molecule has 1 atom stereocenters. The topological polar surface area (TPSA) is 55.1 Å². The van der Waals surface area contributed by atoms with E-state index in [0.717, 1.165) is 12.0 Å². The molecule has 0 aliphatic heterocycles. The summed E-state index contributed by atoms with van der Waals surface area (Å²) in [6.45, 7) is 6.25. The summed E-state index contributed by atoms with van der Waals surface area (Å²) in [5, 5.41) is 3.02. The molecule has 0 saturated heterocycles. The van der Waals surface area contributed by atoms with E-state index >= 15 is 0 Å². The second-order valence-corrected chi connectivity index (χ2v) is 5.35. The highest BCUT2D eigenvalue weighted by molar-refractivity contribution is 5.95. The van der Waals surface area contributed by atoms with Crippen LogP contribution in [0.2, 0.25) is 0 Å². The van der Waals surface area contributed by atoms with Crippen LogP contribution in [0.4, 0.5) is 5.69 Å². The zero-order valence-corrected chi connectivity index (χ0v) is 10.0. The Kier molecular flexibility index (Phi) is 2.41. The quantitative estimate of drug-likeness (QED) is 0.747. The van der Waals surface area contributed by atoms with Crippen LogP contribution in [0.3, 0.4) is 0 Å². The van der Waals surface area contributed by atoms with Crippen molar-refractivity contribution in [3.05, 3.63) is 29.3 Å². The normalized spacial score (nSPS) is 21.6. The number of carbonyl (C=O) groups excluding carboxylic acids is 1. The number of anilines is 1. The number of carbonyl (C=O) groups is 1. The summed E-state index contributed by atoms with van der Waals surface area (Å²) < 4.78 is 0. The number of benzene rings is 1. The molecule has 3 heteroatoms. The van der Waals surface area contributed by atoms with Gasteiger partial charge in [-0.05, 0) is 42.5 Å². The molecule has 1 aliphatic carbocycles. The third-order valence-electron chi connectivity index (χ3n) is 3.18. The van der Waals surface area contributed by atoms with Gasteiger partial charge in [-0.15, -0.1) is 0 Å². The lowest BCUT2D eigenvalue weighted by Crippen LogP contribution is -2.28. The molecule has 0 aromatic heterocycles. The lowest BCUT2D eigenvalue weighted by Gasteiger charge is -2.08. The molecule has 1 aromatic carbocycles. The number of aryl methyl sites for hydroxylation is 1. The van der Waals surface area contributed by atoms with Crippen molar-refractivity contribution in [2.24, 2.45) is 5.41 Å². The van der Waals surface area contributed by atoms with Crippen molar-refractivity contribution in [3.63, 3.8) is 0 Å². The van der Waals surface area contributed by atoms with Crippen LogP contribution < -0.4 is 11.1 Å². The maximum absolute atomic E-state index is 11.9. The SMILES string of the molecule is Cc1cc(N)cc(C(=O)NC2CC2(C)C)c1. The van der Waals surface area contributed by atoms with Crippen molar-refractivity contribution < 1.29 is 4.79 Å². The zero-order chi connectivity index (χ0) is 11.9. The average Bonchev–Trinajstić information content (AvgIpc) is 2.71. The Hall–Kier alpha value is -1.51. The van der Waals surface area contributed by atoms with E-state index < -0.39 is 0 Å². The van der Waals surface area contributed by atoms with Gasteiger partial charge in [0.05, 0.1) is 0 Å². The fraction of sp³-hybridized carbons (Fsp3) is 0.462. The molecule has 3 nitrogen and oxygen atoms in total. The summed E-state index contributed by atoms with van der Waals surface area (Å²) in [4.78, 5) is 11.9. The zero-order valence-electron chi connectivity index (χ0n) is 10.0. The van der Waals surface area contributed by atoms with Crippen molar-refractivity contribution in [2.45, 2.75) is 33.2 Å². The van der Waals surface area contributed by atoms with Crippen molar-refractivity contribution in [1.29, 1.82) is 0 Å². The first kappa shape index (κ1) is 11.0. The minimum absolute atomic E-state index is 0.0222. The van der Waals surface area contributed by atoms with Gasteiger partial charge in [0.25, 0.3) is 5.91 Å². The Morgan fingerprint density at radius 1 is 1.44 bits per heavy atom. The molecule has 3 N–H and O–H groups in total. The summed E-state index contributed by atoms with van der Waals surface area (Å²) >= 11 is 0. The van der Waals surface area contributed by atoms with E-state index in [1.165, 1.54) is 0 Å². The third kappa shape index (κ3) is 2.18. The van der Waals surface area contributed by atoms with Gasteiger partial charge < -0.3 is 11.1 Å². The van der Waals surface area contributed by atoms with Gasteiger partial charge in [-0.25, -0.2) is 0 Å². The fourth-order valence-electron chi connectivity index (χ4n) is 1.90. The average molecular weight is 218 g/mol. The summed E-state index contributed by atoms with van der Waals surface area (Å²) in [5.74, 6) is -0.0222. The highest BCUT2D eigenvalue weighted by atomic mass is 16.1. The van der Waals surface area contributed by atoms with Crippen molar-refractivity contribution in [2.75, 3.05) is 5.73 Å². The molecule has 1 aromatic rings. The predicted octanol–water partition coefficient (Wildman–Crippen LogP) is 2.11. The molecule has 2 rings (SSSR count).